The lowest BCUT2D eigenvalue weighted by molar-refractivity contribution is -0.137. The van der Waals surface area contributed by atoms with Crippen LogP contribution in [0.3, 0.4) is 0 Å². The summed E-state index contributed by atoms with van der Waals surface area (Å²) < 4.78 is 44.4. The van der Waals surface area contributed by atoms with Gasteiger partial charge in [0.1, 0.15) is 12.3 Å². The van der Waals surface area contributed by atoms with Gasteiger partial charge in [-0.15, -0.1) is 0 Å². The Morgan fingerprint density at radius 1 is 1.19 bits per heavy atom. The van der Waals surface area contributed by atoms with Gasteiger partial charge in [-0.1, -0.05) is 11.6 Å². The molecule has 1 N–H and O–H groups in total. The Labute approximate surface area is 180 Å². The highest BCUT2D eigenvalue weighted by molar-refractivity contribution is 6.31. The van der Waals surface area contributed by atoms with Crippen molar-refractivity contribution in [3.8, 4) is 0 Å². The molecule has 2 amide bonds. The van der Waals surface area contributed by atoms with Crippen molar-refractivity contribution in [3.63, 3.8) is 0 Å². The number of nitrogens with one attached hydrogen (secondary N) is 1. The maximum atomic E-state index is 13.0. The van der Waals surface area contributed by atoms with Gasteiger partial charge in [0.2, 0.25) is 5.91 Å². The normalized spacial score (nSPS) is 11.3. The first kappa shape index (κ1) is 22.4. The molecule has 0 spiro atoms. The molecule has 2 aromatic heterocycles. The average molecular weight is 452 g/mol. The molecule has 0 radical (unpaired) electrons. The second kappa shape index (κ2) is 9.22. The fraction of sp³-hybridized carbons (Fsp3) is 0.190. The van der Waals surface area contributed by atoms with Gasteiger partial charge in [-0.3, -0.25) is 14.6 Å². The number of halogens is 4. The number of rotatable bonds is 6. The van der Waals surface area contributed by atoms with E-state index in [1.165, 1.54) is 23.4 Å². The number of anilines is 1. The number of aromatic nitrogens is 1. The van der Waals surface area contributed by atoms with Crippen molar-refractivity contribution in [2.24, 2.45) is 0 Å². The fourth-order valence-electron chi connectivity index (χ4n) is 2.76. The zero-order valence-corrected chi connectivity index (χ0v) is 17.0. The third-order valence-corrected chi connectivity index (χ3v) is 4.59. The second-order valence-electron chi connectivity index (χ2n) is 6.67. The van der Waals surface area contributed by atoms with Crippen molar-refractivity contribution >= 4 is 29.1 Å². The van der Waals surface area contributed by atoms with Crippen molar-refractivity contribution in [2.75, 3.05) is 11.9 Å². The van der Waals surface area contributed by atoms with Crippen LogP contribution in [0, 0.1) is 6.92 Å². The van der Waals surface area contributed by atoms with Crippen LogP contribution in [0.25, 0.3) is 0 Å². The SMILES string of the molecule is Cc1ccc(C(=O)N(CC(=O)Nc2ccc(Cl)c(C(F)(F)F)c2)Cc2ccco2)cn1. The van der Waals surface area contributed by atoms with Crippen molar-refractivity contribution in [1.29, 1.82) is 0 Å². The summed E-state index contributed by atoms with van der Waals surface area (Å²) in [6.07, 6.45) is -1.85. The maximum absolute atomic E-state index is 13.0. The van der Waals surface area contributed by atoms with Crippen molar-refractivity contribution in [3.05, 3.63) is 82.5 Å². The number of hydrogen-bond acceptors (Lipinski definition) is 4. The number of aryl methyl sites for hydroxylation is 1. The number of alkyl halides is 3. The summed E-state index contributed by atoms with van der Waals surface area (Å²) in [5.41, 5.74) is -0.184. The van der Waals surface area contributed by atoms with E-state index in [0.29, 0.717) is 5.76 Å². The quantitative estimate of drug-likeness (QED) is 0.576. The van der Waals surface area contributed by atoms with E-state index in [1.807, 2.05) is 0 Å². The molecule has 3 rings (SSSR count). The molecule has 0 unspecified atom stereocenters. The molecule has 10 heteroatoms. The number of furan rings is 1. The van der Waals surface area contributed by atoms with E-state index >= 15 is 0 Å². The standard InChI is InChI=1S/C21H17ClF3N3O3/c1-13-4-5-14(10-26-13)20(30)28(11-16-3-2-8-31-16)12-19(29)27-15-6-7-18(22)17(9-15)21(23,24)25/h2-10H,11-12H2,1H3,(H,27,29). The lowest BCUT2D eigenvalue weighted by Gasteiger charge is -2.21. The van der Waals surface area contributed by atoms with Crippen LogP contribution in [0.4, 0.5) is 18.9 Å². The second-order valence-corrected chi connectivity index (χ2v) is 7.08. The molecule has 0 aliphatic rings. The highest BCUT2D eigenvalue weighted by Crippen LogP contribution is 2.36. The Morgan fingerprint density at radius 3 is 2.58 bits per heavy atom. The van der Waals surface area contributed by atoms with Crippen LogP contribution in [-0.2, 0) is 17.5 Å². The van der Waals surface area contributed by atoms with Crippen LogP contribution in [0.1, 0.15) is 27.4 Å². The Kier molecular flexibility index (Phi) is 6.65. The smallest absolute Gasteiger partial charge is 0.417 e. The summed E-state index contributed by atoms with van der Waals surface area (Å²) in [6.45, 7) is 1.34. The van der Waals surface area contributed by atoms with Crippen LogP contribution in [0.5, 0.6) is 0 Å². The molecule has 0 aliphatic heterocycles. The van der Waals surface area contributed by atoms with Crippen molar-refractivity contribution in [2.45, 2.75) is 19.6 Å². The summed E-state index contributed by atoms with van der Waals surface area (Å²) >= 11 is 5.60. The molecule has 3 aromatic rings. The average Bonchev–Trinajstić information content (AvgIpc) is 3.21. The minimum Gasteiger partial charge on any atom is -0.467 e. The van der Waals surface area contributed by atoms with Gasteiger partial charge in [0.15, 0.2) is 0 Å². The molecule has 0 bridgehead atoms. The molecular formula is C21H17ClF3N3O3. The number of carbonyl (C=O) groups is 2. The van der Waals surface area contributed by atoms with Crippen molar-refractivity contribution in [1.82, 2.24) is 9.88 Å². The molecule has 162 valence electrons. The van der Waals surface area contributed by atoms with Gasteiger partial charge in [-0.05, 0) is 49.4 Å². The maximum Gasteiger partial charge on any atom is 0.417 e. The Morgan fingerprint density at radius 2 is 1.97 bits per heavy atom. The zero-order valence-electron chi connectivity index (χ0n) is 16.2. The van der Waals surface area contributed by atoms with Crippen molar-refractivity contribution < 1.29 is 27.2 Å². The van der Waals surface area contributed by atoms with E-state index in [2.05, 4.69) is 10.3 Å². The third kappa shape index (κ3) is 5.85. The van der Waals surface area contributed by atoms with E-state index in [0.717, 1.165) is 17.8 Å². The number of hydrogen-bond donors (Lipinski definition) is 1. The summed E-state index contributed by atoms with van der Waals surface area (Å²) in [4.78, 5) is 30.7. The zero-order chi connectivity index (χ0) is 22.6. The van der Waals surface area contributed by atoms with Crippen LogP contribution in [0.2, 0.25) is 5.02 Å². The summed E-state index contributed by atoms with van der Waals surface area (Å²) in [6, 6.07) is 9.54. The molecule has 0 fully saturated rings. The lowest BCUT2D eigenvalue weighted by atomic mass is 10.2. The topological polar surface area (TPSA) is 75.4 Å². The van der Waals surface area contributed by atoms with Gasteiger partial charge in [0.25, 0.3) is 5.91 Å². The highest BCUT2D eigenvalue weighted by atomic mass is 35.5. The van der Waals surface area contributed by atoms with Gasteiger partial charge < -0.3 is 14.6 Å². The van der Waals surface area contributed by atoms with Crippen LogP contribution in [-0.4, -0.2) is 28.2 Å². The number of benzene rings is 1. The predicted molar refractivity (Wildman–Crippen MR) is 108 cm³/mol. The lowest BCUT2D eigenvalue weighted by Crippen LogP contribution is -2.37. The molecule has 0 saturated heterocycles. The number of nitrogens with zero attached hydrogens (tertiary/aromatic N) is 2. The molecule has 6 nitrogen and oxygen atoms in total. The van der Waals surface area contributed by atoms with E-state index in [4.69, 9.17) is 16.0 Å². The molecule has 0 aliphatic carbocycles. The van der Waals surface area contributed by atoms with Crippen LogP contribution < -0.4 is 5.32 Å². The molecule has 0 saturated carbocycles. The first-order chi connectivity index (χ1) is 14.6. The summed E-state index contributed by atoms with van der Waals surface area (Å²) in [7, 11) is 0. The third-order valence-electron chi connectivity index (χ3n) is 4.26. The highest BCUT2D eigenvalue weighted by Gasteiger charge is 2.33. The van der Waals surface area contributed by atoms with E-state index in [1.54, 1.807) is 31.2 Å². The predicted octanol–water partition coefficient (Wildman–Crippen LogP) is 4.94. The molecule has 2 heterocycles. The Bertz CT molecular complexity index is 1070. The van der Waals surface area contributed by atoms with E-state index in [9.17, 15) is 22.8 Å². The van der Waals surface area contributed by atoms with Gasteiger partial charge in [0.05, 0.1) is 29.0 Å². The monoisotopic (exact) mass is 451 g/mol. The molecule has 31 heavy (non-hydrogen) atoms. The largest absolute Gasteiger partial charge is 0.467 e. The van der Waals surface area contributed by atoms with Crippen LogP contribution >= 0.6 is 11.6 Å². The van der Waals surface area contributed by atoms with E-state index < -0.39 is 35.1 Å². The van der Waals surface area contributed by atoms with E-state index in [-0.39, 0.29) is 17.8 Å². The molecule has 0 atom stereocenters. The number of pyridine rings is 1. The van der Waals surface area contributed by atoms with Crippen LogP contribution in [0.15, 0.2) is 59.3 Å². The fourth-order valence-corrected chi connectivity index (χ4v) is 2.99. The Balaban J connectivity index is 1.78. The van der Waals surface area contributed by atoms with Gasteiger partial charge in [-0.2, -0.15) is 13.2 Å². The first-order valence-corrected chi connectivity index (χ1v) is 9.42. The van der Waals surface area contributed by atoms with Gasteiger partial charge in [-0.25, -0.2) is 0 Å². The minimum atomic E-state index is -4.67. The van der Waals surface area contributed by atoms with Gasteiger partial charge in [0, 0.05) is 17.6 Å². The summed E-state index contributed by atoms with van der Waals surface area (Å²) in [5, 5.41) is 1.89. The minimum absolute atomic E-state index is 0.0124. The molecule has 1 aromatic carbocycles. The van der Waals surface area contributed by atoms with Gasteiger partial charge >= 0.3 is 6.18 Å². The summed E-state index contributed by atoms with van der Waals surface area (Å²) in [5.74, 6) is -0.728. The first-order valence-electron chi connectivity index (χ1n) is 9.04. The number of carbonyl (C=O) groups excluding carboxylic acids is 2. The Hall–Kier alpha value is -3.33. The number of amides is 2. The molecular weight excluding hydrogens is 435 g/mol.